The van der Waals surface area contributed by atoms with Crippen LogP contribution in [0, 0.1) is 0 Å². The van der Waals surface area contributed by atoms with E-state index >= 15 is 0 Å². The normalized spacial score (nSPS) is 18.4. The zero-order chi connectivity index (χ0) is 10.0. The Morgan fingerprint density at radius 3 is 2.93 bits per heavy atom. The van der Waals surface area contributed by atoms with Crippen LogP contribution in [0.15, 0.2) is 6.33 Å². The molecule has 1 N–H and O–H groups in total. The van der Waals surface area contributed by atoms with E-state index in [1.54, 1.807) is 6.33 Å². The predicted molar refractivity (Wildman–Crippen MR) is 58.2 cm³/mol. The maximum Gasteiger partial charge on any atom is 0.140 e. The van der Waals surface area contributed by atoms with Crippen molar-refractivity contribution in [3.05, 3.63) is 12.2 Å². The van der Waals surface area contributed by atoms with Gasteiger partial charge in [0.1, 0.15) is 12.2 Å². The van der Waals surface area contributed by atoms with Crippen molar-refractivity contribution in [3.63, 3.8) is 0 Å². The van der Waals surface area contributed by atoms with Crippen LogP contribution in [0.2, 0.25) is 0 Å². The Labute approximate surface area is 88.5 Å². The van der Waals surface area contributed by atoms with Gasteiger partial charge in [-0.05, 0) is 19.1 Å². The minimum atomic E-state index is 0.526. The maximum atomic E-state index is 4.16. The molecule has 0 saturated heterocycles. The molecule has 78 valence electrons. The maximum absolute atomic E-state index is 4.16. The van der Waals surface area contributed by atoms with Gasteiger partial charge in [0.2, 0.25) is 0 Å². The minimum Gasteiger partial charge on any atom is -0.308 e. The Hall–Kier alpha value is -0.550. The van der Waals surface area contributed by atoms with E-state index < -0.39 is 0 Å². The molecule has 4 nitrogen and oxygen atoms in total. The molecule has 1 aromatic rings. The molecule has 0 aliphatic heterocycles. The lowest BCUT2D eigenvalue weighted by molar-refractivity contribution is 0.603. The largest absolute Gasteiger partial charge is 0.308 e. The molecule has 0 unspecified atom stereocenters. The topological polar surface area (TPSA) is 42.7 Å². The first-order valence-electron chi connectivity index (χ1n) is 4.84. The summed E-state index contributed by atoms with van der Waals surface area (Å²) in [6.07, 6.45) is 6.48. The minimum absolute atomic E-state index is 0.526. The Morgan fingerprint density at radius 1 is 1.64 bits per heavy atom. The molecule has 0 aromatic carbocycles. The first kappa shape index (κ1) is 9.98. The number of hydrogen-bond acceptors (Lipinski definition) is 4. The third kappa shape index (κ3) is 2.09. The first-order chi connectivity index (χ1) is 6.76. The quantitative estimate of drug-likeness (QED) is 0.784. The van der Waals surface area contributed by atoms with Crippen molar-refractivity contribution in [1.29, 1.82) is 0 Å². The van der Waals surface area contributed by atoms with E-state index in [1.807, 2.05) is 23.5 Å². The molecule has 1 aliphatic rings. The van der Waals surface area contributed by atoms with Gasteiger partial charge in [0.05, 0.1) is 6.54 Å². The molecular formula is C9H16N4S. The lowest BCUT2D eigenvalue weighted by Crippen LogP contribution is -2.26. The average molecular weight is 212 g/mol. The Kier molecular flexibility index (Phi) is 2.78. The fourth-order valence-corrected chi connectivity index (χ4v) is 2.23. The summed E-state index contributed by atoms with van der Waals surface area (Å²) < 4.78 is 2.34. The molecule has 5 heteroatoms. The Morgan fingerprint density at radius 2 is 2.43 bits per heavy atom. The van der Waals surface area contributed by atoms with Crippen LogP contribution in [-0.4, -0.2) is 32.3 Å². The van der Waals surface area contributed by atoms with Gasteiger partial charge in [0, 0.05) is 18.3 Å². The average Bonchev–Trinajstić information content (AvgIpc) is 2.86. The molecule has 1 heterocycles. The van der Waals surface area contributed by atoms with Gasteiger partial charge in [-0.2, -0.15) is 16.9 Å². The summed E-state index contributed by atoms with van der Waals surface area (Å²) in [5, 5.41) is 7.47. The number of aromatic nitrogens is 3. The van der Waals surface area contributed by atoms with Crippen LogP contribution in [0.25, 0.3) is 0 Å². The van der Waals surface area contributed by atoms with Gasteiger partial charge >= 0.3 is 0 Å². The van der Waals surface area contributed by atoms with Crippen LogP contribution >= 0.6 is 11.8 Å². The molecule has 14 heavy (non-hydrogen) atoms. The highest BCUT2D eigenvalue weighted by atomic mass is 32.2. The molecule has 1 fully saturated rings. The Bertz CT molecular complexity index is 306. The lowest BCUT2D eigenvalue weighted by Gasteiger charge is -2.12. The predicted octanol–water partition coefficient (Wildman–Crippen LogP) is 0.800. The summed E-state index contributed by atoms with van der Waals surface area (Å²) in [5.41, 5.74) is 0. The van der Waals surface area contributed by atoms with E-state index in [-0.39, 0.29) is 0 Å². The number of nitrogens with zero attached hydrogens (tertiary/aromatic N) is 3. The number of aryl methyl sites for hydroxylation is 1. The highest BCUT2D eigenvalue weighted by Gasteiger charge is 2.41. The van der Waals surface area contributed by atoms with Crippen LogP contribution < -0.4 is 5.32 Å². The van der Waals surface area contributed by atoms with Crippen molar-refractivity contribution in [2.75, 3.05) is 12.8 Å². The summed E-state index contributed by atoms with van der Waals surface area (Å²) in [7, 11) is 1.92. The molecule has 1 saturated carbocycles. The Balaban J connectivity index is 1.76. The summed E-state index contributed by atoms with van der Waals surface area (Å²) in [6.45, 7) is 1.90. The lowest BCUT2D eigenvalue weighted by atomic mass is 10.4. The fourth-order valence-electron chi connectivity index (χ4n) is 1.47. The van der Waals surface area contributed by atoms with E-state index in [0.717, 1.165) is 18.9 Å². The molecular weight excluding hydrogens is 196 g/mol. The number of thioether (sulfide) groups is 1. The summed E-state index contributed by atoms with van der Waals surface area (Å²) >= 11 is 1.97. The van der Waals surface area contributed by atoms with Gasteiger partial charge in [0.15, 0.2) is 0 Å². The highest BCUT2D eigenvalue weighted by molar-refractivity contribution is 8.00. The molecule has 0 atom stereocenters. The van der Waals surface area contributed by atoms with E-state index in [1.165, 1.54) is 12.8 Å². The summed E-state index contributed by atoms with van der Waals surface area (Å²) in [5.74, 6) is 1.00. The van der Waals surface area contributed by atoms with Gasteiger partial charge in [-0.25, -0.2) is 4.98 Å². The fraction of sp³-hybridized carbons (Fsp3) is 0.778. The van der Waals surface area contributed by atoms with Crippen molar-refractivity contribution in [2.24, 2.45) is 7.05 Å². The van der Waals surface area contributed by atoms with Crippen molar-refractivity contribution in [3.8, 4) is 0 Å². The molecule has 0 spiro atoms. The number of rotatable bonds is 5. The second-order valence-electron chi connectivity index (χ2n) is 3.79. The molecule has 0 bridgehead atoms. The zero-order valence-corrected chi connectivity index (χ0v) is 9.47. The van der Waals surface area contributed by atoms with Crippen LogP contribution in [0.1, 0.15) is 18.7 Å². The van der Waals surface area contributed by atoms with Crippen LogP contribution in [0.4, 0.5) is 0 Å². The van der Waals surface area contributed by atoms with Gasteiger partial charge in [-0.15, -0.1) is 0 Å². The first-order valence-corrected chi connectivity index (χ1v) is 6.07. The molecule has 1 aliphatic carbocycles. The molecule has 0 radical (unpaired) electrons. The van der Waals surface area contributed by atoms with Gasteiger partial charge in [-0.3, -0.25) is 4.68 Å². The van der Waals surface area contributed by atoms with Gasteiger partial charge in [-0.1, -0.05) is 0 Å². The van der Waals surface area contributed by atoms with E-state index in [2.05, 4.69) is 21.7 Å². The van der Waals surface area contributed by atoms with E-state index in [4.69, 9.17) is 0 Å². The standard InChI is InChI=1S/C9H16N4S/c1-13-8(11-7-12-13)5-10-6-9(14-2)3-4-9/h7,10H,3-6H2,1-2H3. The summed E-state index contributed by atoms with van der Waals surface area (Å²) in [4.78, 5) is 4.16. The monoisotopic (exact) mass is 212 g/mol. The summed E-state index contributed by atoms with van der Waals surface area (Å²) in [6, 6.07) is 0. The molecule has 1 aromatic heterocycles. The second-order valence-corrected chi connectivity index (χ2v) is 5.06. The van der Waals surface area contributed by atoms with Crippen LogP contribution in [0.5, 0.6) is 0 Å². The number of nitrogens with one attached hydrogen (secondary N) is 1. The molecule has 0 amide bonds. The zero-order valence-electron chi connectivity index (χ0n) is 8.66. The SMILES string of the molecule is CSC1(CNCc2ncnn2C)CC1. The van der Waals surface area contributed by atoms with E-state index in [0.29, 0.717) is 4.75 Å². The second kappa shape index (κ2) is 3.90. The van der Waals surface area contributed by atoms with E-state index in [9.17, 15) is 0 Å². The van der Waals surface area contributed by atoms with Crippen LogP contribution in [-0.2, 0) is 13.6 Å². The van der Waals surface area contributed by atoms with Gasteiger partial charge in [0.25, 0.3) is 0 Å². The number of hydrogen-bond donors (Lipinski definition) is 1. The third-order valence-electron chi connectivity index (χ3n) is 2.78. The van der Waals surface area contributed by atoms with Crippen LogP contribution in [0.3, 0.4) is 0 Å². The highest BCUT2D eigenvalue weighted by Crippen LogP contribution is 2.46. The van der Waals surface area contributed by atoms with Crippen molar-refractivity contribution >= 4 is 11.8 Å². The third-order valence-corrected chi connectivity index (χ3v) is 4.19. The van der Waals surface area contributed by atoms with Crippen molar-refractivity contribution < 1.29 is 0 Å². The van der Waals surface area contributed by atoms with Gasteiger partial charge < -0.3 is 5.32 Å². The van der Waals surface area contributed by atoms with Crippen molar-refractivity contribution in [2.45, 2.75) is 24.1 Å². The smallest absolute Gasteiger partial charge is 0.140 e. The molecule has 2 rings (SSSR count). The van der Waals surface area contributed by atoms with Crippen molar-refractivity contribution in [1.82, 2.24) is 20.1 Å².